The normalized spacial score (nSPS) is 10.9. The Labute approximate surface area is 106 Å². The second kappa shape index (κ2) is 3.89. The summed E-state index contributed by atoms with van der Waals surface area (Å²) in [6.07, 6.45) is 3.36. The summed E-state index contributed by atoms with van der Waals surface area (Å²) in [6.45, 7) is 0. The molecule has 3 nitrogen and oxygen atoms in total. The maximum absolute atomic E-state index is 10.1. The lowest BCUT2D eigenvalue weighted by Gasteiger charge is -2.01. The minimum absolute atomic E-state index is 0.693. The van der Waals surface area contributed by atoms with E-state index in [1.54, 1.807) is 12.4 Å². The molecule has 84 valence electrons. The first-order valence-electron chi connectivity index (χ1n) is 5.17. The van der Waals surface area contributed by atoms with Crippen LogP contribution in [0, 0.1) is 0 Å². The molecule has 0 unspecified atom stereocenters. The molecule has 4 heteroatoms. The first kappa shape index (κ1) is 10.4. The van der Waals surface area contributed by atoms with E-state index in [0.717, 1.165) is 21.1 Å². The maximum atomic E-state index is 10.1. The Balaban J connectivity index is 2.32. The topological polar surface area (TPSA) is 38.0 Å². The van der Waals surface area contributed by atoms with Gasteiger partial charge in [0.1, 0.15) is 5.52 Å². The Morgan fingerprint density at radius 2 is 1.88 bits per heavy atom. The Morgan fingerprint density at radius 3 is 2.59 bits per heavy atom. The van der Waals surface area contributed by atoms with E-state index in [1.165, 1.54) is 4.73 Å². The lowest BCUT2D eigenvalue weighted by Crippen LogP contribution is -1.92. The van der Waals surface area contributed by atoms with Gasteiger partial charge in [-0.3, -0.25) is 4.98 Å². The Bertz CT molecular complexity index is 676. The lowest BCUT2D eigenvalue weighted by molar-refractivity contribution is 0.204. The molecule has 0 atom stereocenters. The smallest absolute Gasteiger partial charge is 0.107 e. The van der Waals surface area contributed by atoms with Gasteiger partial charge in [0.15, 0.2) is 0 Å². The molecule has 0 bridgehead atoms. The van der Waals surface area contributed by atoms with Crippen molar-refractivity contribution in [3.05, 3.63) is 53.3 Å². The fourth-order valence-corrected chi connectivity index (χ4v) is 2.32. The molecule has 2 aromatic heterocycles. The van der Waals surface area contributed by atoms with E-state index in [1.807, 2.05) is 36.4 Å². The average Bonchev–Trinajstić information content (AvgIpc) is 2.70. The molecule has 0 aliphatic heterocycles. The van der Waals surface area contributed by atoms with Gasteiger partial charge < -0.3 is 5.21 Å². The van der Waals surface area contributed by atoms with Crippen molar-refractivity contribution in [2.75, 3.05) is 0 Å². The molecule has 0 saturated carbocycles. The van der Waals surface area contributed by atoms with E-state index >= 15 is 0 Å². The summed E-state index contributed by atoms with van der Waals surface area (Å²) in [5, 5.41) is 11.1. The fraction of sp³-hybridized carbons (Fsp3) is 0. The van der Waals surface area contributed by atoms with Gasteiger partial charge in [0.2, 0.25) is 0 Å². The van der Waals surface area contributed by atoms with Gasteiger partial charge in [-0.05, 0) is 22.0 Å². The summed E-state index contributed by atoms with van der Waals surface area (Å²) in [4.78, 5) is 4.05. The van der Waals surface area contributed by atoms with Gasteiger partial charge in [0.05, 0.1) is 11.9 Å². The van der Waals surface area contributed by atoms with Gasteiger partial charge in [-0.2, -0.15) is 4.73 Å². The quantitative estimate of drug-likeness (QED) is 0.694. The number of aromatic nitrogens is 2. The zero-order chi connectivity index (χ0) is 11.8. The number of halogens is 1. The van der Waals surface area contributed by atoms with Gasteiger partial charge in [0.25, 0.3) is 0 Å². The molecule has 0 aliphatic rings. The Hall–Kier alpha value is -1.81. The highest BCUT2D eigenvalue weighted by Gasteiger charge is 2.11. The molecule has 0 radical (unpaired) electrons. The van der Waals surface area contributed by atoms with Crippen LogP contribution in [0.4, 0.5) is 0 Å². The van der Waals surface area contributed by atoms with Crippen LogP contribution < -0.4 is 0 Å². The predicted molar refractivity (Wildman–Crippen MR) is 70.1 cm³/mol. The summed E-state index contributed by atoms with van der Waals surface area (Å²) in [5.74, 6) is 0. The van der Waals surface area contributed by atoms with Gasteiger partial charge in [-0.25, -0.2) is 0 Å². The van der Waals surface area contributed by atoms with Crippen molar-refractivity contribution in [3.63, 3.8) is 0 Å². The van der Waals surface area contributed by atoms with Crippen molar-refractivity contribution in [1.82, 2.24) is 9.71 Å². The zero-order valence-corrected chi connectivity index (χ0v) is 10.4. The third-order valence-electron chi connectivity index (χ3n) is 2.72. The highest BCUT2D eigenvalue weighted by molar-refractivity contribution is 9.10. The number of rotatable bonds is 1. The summed E-state index contributed by atoms with van der Waals surface area (Å²) >= 11 is 3.43. The molecule has 1 N–H and O–H groups in total. The van der Waals surface area contributed by atoms with E-state index in [0.29, 0.717) is 5.52 Å². The lowest BCUT2D eigenvalue weighted by atomic mass is 10.1. The van der Waals surface area contributed by atoms with E-state index in [-0.39, 0.29) is 0 Å². The summed E-state index contributed by atoms with van der Waals surface area (Å²) in [5.41, 5.74) is 2.42. The highest BCUT2D eigenvalue weighted by Crippen LogP contribution is 2.30. The van der Waals surface area contributed by atoms with Crippen LogP contribution in [0.1, 0.15) is 0 Å². The number of benzene rings is 1. The third-order valence-corrected chi connectivity index (χ3v) is 3.36. The van der Waals surface area contributed by atoms with E-state index in [9.17, 15) is 5.21 Å². The number of pyridine rings is 1. The summed E-state index contributed by atoms with van der Waals surface area (Å²) in [6, 6.07) is 11.7. The number of fused-ring (bicyclic) bond motifs is 1. The molecule has 1 aromatic carbocycles. The molecular formula is C13H9BrN2O. The first-order valence-corrected chi connectivity index (χ1v) is 5.96. The van der Waals surface area contributed by atoms with Crippen LogP contribution >= 0.6 is 15.9 Å². The van der Waals surface area contributed by atoms with E-state index < -0.39 is 0 Å². The van der Waals surface area contributed by atoms with Crippen LogP contribution in [0.15, 0.2) is 53.3 Å². The average molecular weight is 289 g/mol. The predicted octanol–water partition coefficient (Wildman–Crippen LogP) is 3.70. The summed E-state index contributed by atoms with van der Waals surface area (Å²) < 4.78 is 2.04. The second-order valence-electron chi connectivity index (χ2n) is 3.76. The molecule has 3 rings (SSSR count). The van der Waals surface area contributed by atoms with Crippen molar-refractivity contribution in [2.45, 2.75) is 0 Å². The minimum Gasteiger partial charge on any atom is -0.428 e. The molecule has 3 aromatic rings. The van der Waals surface area contributed by atoms with Crippen LogP contribution in [-0.4, -0.2) is 14.9 Å². The zero-order valence-electron chi connectivity index (χ0n) is 8.84. The molecule has 2 heterocycles. The number of hydrogen-bond donors (Lipinski definition) is 1. The van der Waals surface area contributed by atoms with E-state index in [4.69, 9.17) is 0 Å². The standard InChI is InChI=1S/C13H9BrN2O/c14-11-7-15-8-13-10(11)6-12(16(13)17)9-4-2-1-3-5-9/h1-8,17H. The largest absolute Gasteiger partial charge is 0.428 e. The molecule has 0 amide bonds. The van der Waals surface area contributed by atoms with Crippen molar-refractivity contribution in [1.29, 1.82) is 0 Å². The second-order valence-corrected chi connectivity index (χ2v) is 4.62. The van der Waals surface area contributed by atoms with Crippen LogP contribution in [0.25, 0.3) is 22.2 Å². The Kier molecular flexibility index (Phi) is 2.37. The third kappa shape index (κ3) is 1.61. The minimum atomic E-state index is 0.693. The van der Waals surface area contributed by atoms with Crippen molar-refractivity contribution in [3.8, 4) is 11.3 Å². The van der Waals surface area contributed by atoms with Crippen LogP contribution in [0.5, 0.6) is 0 Å². The van der Waals surface area contributed by atoms with Crippen LogP contribution in [0.3, 0.4) is 0 Å². The Morgan fingerprint density at radius 1 is 1.12 bits per heavy atom. The maximum Gasteiger partial charge on any atom is 0.107 e. The number of hydrogen-bond acceptors (Lipinski definition) is 2. The molecule has 0 saturated heterocycles. The summed E-state index contributed by atoms with van der Waals surface area (Å²) in [7, 11) is 0. The first-order chi connectivity index (χ1) is 8.27. The van der Waals surface area contributed by atoms with Gasteiger partial charge in [-0.1, -0.05) is 30.3 Å². The molecular weight excluding hydrogens is 280 g/mol. The highest BCUT2D eigenvalue weighted by atomic mass is 79.9. The SMILES string of the molecule is On1c(-c2ccccc2)cc2c(Br)cncc21. The van der Waals surface area contributed by atoms with Crippen LogP contribution in [-0.2, 0) is 0 Å². The van der Waals surface area contributed by atoms with Crippen molar-refractivity contribution < 1.29 is 5.21 Å². The van der Waals surface area contributed by atoms with Gasteiger partial charge in [0, 0.05) is 21.6 Å². The monoisotopic (exact) mass is 288 g/mol. The molecule has 0 spiro atoms. The molecule has 0 aliphatic carbocycles. The number of nitrogens with zero attached hydrogens (tertiary/aromatic N) is 2. The van der Waals surface area contributed by atoms with Crippen molar-refractivity contribution >= 4 is 26.8 Å². The van der Waals surface area contributed by atoms with E-state index in [2.05, 4.69) is 20.9 Å². The van der Waals surface area contributed by atoms with Gasteiger partial charge in [-0.15, -0.1) is 0 Å². The molecule has 17 heavy (non-hydrogen) atoms. The molecule has 0 fully saturated rings. The van der Waals surface area contributed by atoms with Crippen molar-refractivity contribution in [2.24, 2.45) is 0 Å². The van der Waals surface area contributed by atoms with Crippen LogP contribution in [0.2, 0.25) is 0 Å². The fourth-order valence-electron chi connectivity index (χ4n) is 1.89. The van der Waals surface area contributed by atoms with Gasteiger partial charge >= 0.3 is 0 Å².